The highest BCUT2D eigenvalue weighted by Crippen LogP contribution is 2.46. The van der Waals surface area contributed by atoms with Crippen molar-refractivity contribution >= 4 is 28.7 Å². The van der Waals surface area contributed by atoms with Gasteiger partial charge in [-0.25, -0.2) is 0 Å². The number of hydrogen-bond acceptors (Lipinski definition) is 7. The molecule has 1 N–H and O–H groups in total. The third kappa shape index (κ3) is 4.22. The Morgan fingerprint density at radius 3 is 2.53 bits per heavy atom. The minimum atomic E-state index is -0.430. The van der Waals surface area contributed by atoms with Gasteiger partial charge in [-0.1, -0.05) is 6.07 Å². The molecular weight excluding hydrogens is 480 g/mol. The van der Waals surface area contributed by atoms with Crippen molar-refractivity contribution in [2.75, 3.05) is 19.1 Å². The Morgan fingerprint density at radius 1 is 1.06 bits per heavy atom. The van der Waals surface area contributed by atoms with Crippen LogP contribution in [0.4, 0.5) is 11.4 Å². The number of non-ortho nitro benzene ring substituents is 1. The molecule has 10 heteroatoms. The Balaban J connectivity index is 1.59. The Labute approximate surface area is 212 Å². The highest BCUT2D eigenvalue weighted by atomic mass is 32.1. The zero-order valence-corrected chi connectivity index (χ0v) is 20.3. The zero-order valence-electron chi connectivity index (χ0n) is 19.5. The first kappa shape index (κ1) is 23.3. The molecule has 1 aliphatic rings. The molecule has 3 heterocycles. The van der Waals surface area contributed by atoms with Gasteiger partial charge >= 0.3 is 0 Å². The Hall–Kier alpha value is -4.44. The highest BCUT2D eigenvalue weighted by Gasteiger charge is 2.43. The van der Waals surface area contributed by atoms with E-state index in [0.29, 0.717) is 28.1 Å². The molecule has 2 aromatic carbocycles. The van der Waals surface area contributed by atoms with E-state index >= 15 is 0 Å². The predicted molar refractivity (Wildman–Crippen MR) is 138 cm³/mol. The van der Waals surface area contributed by atoms with E-state index in [1.165, 1.54) is 12.1 Å². The number of anilines is 1. The van der Waals surface area contributed by atoms with Gasteiger partial charge < -0.3 is 24.1 Å². The first-order valence-electron chi connectivity index (χ1n) is 11.1. The summed E-state index contributed by atoms with van der Waals surface area (Å²) in [6.07, 6.45) is 1.73. The number of benzene rings is 2. The lowest BCUT2D eigenvalue weighted by Gasteiger charge is -2.27. The van der Waals surface area contributed by atoms with Crippen LogP contribution < -0.4 is 19.7 Å². The number of pyridine rings is 1. The lowest BCUT2D eigenvalue weighted by atomic mass is 10.0. The van der Waals surface area contributed by atoms with E-state index in [4.69, 9.17) is 26.1 Å². The summed E-state index contributed by atoms with van der Waals surface area (Å²) in [6, 6.07) is 20.5. The van der Waals surface area contributed by atoms with Crippen LogP contribution in [-0.4, -0.2) is 29.2 Å². The summed E-state index contributed by atoms with van der Waals surface area (Å²) >= 11 is 5.78. The second-order valence-electron chi connectivity index (χ2n) is 8.04. The van der Waals surface area contributed by atoms with Crippen molar-refractivity contribution in [3.8, 4) is 22.8 Å². The SMILES string of the molecule is COc1ccc(N2C(=S)N[C@@H](c3ccccn3)[C@H]2c2ccc(-c3ccc([N+](=O)[O-])cc3)o2)c(OC)c1. The van der Waals surface area contributed by atoms with Crippen molar-refractivity contribution in [2.45, 2.75) is 12.1 Å². The Bertz CT molecular complexity index is 1410. The molecule has 182 valence electrons. The second kappa shape index (κ2) is 9.67. The number of methoxy groups -OCH3 is 2. The number of ether oxygens (including phenoxy) is 2. The molecule has 0 unspecified atom stereocenters. The molecule has 1 fully saturated rings. The zero-order chi connectivity index (χ0) is 25.2. The number of thiocarbonyl (C=S) groups is 1. The van der Waals surface area contributed by atoms with Crippen molar-refractivity contribution < 1.29 is 18.8 Å². The number of nitrogens with zero attached hydrogens (tertiary/aromatic N) is 3. The van der Waals surface area contributed by atoms with Crippen LogP contribution in [0.15, 0.2) is 83.4 Å². The molecular formula is C26H22N4O5S. The van der Waals surface area contributed by atoms with Gasteiger partial charge in [0.2, 0.25) is 0 Å². The lowest BCUT2D eigenvalue weighted by Crippen LogP contribution is -2.29. The summed E-state index contributed by atoms with van der Waals surface area (Å²) in [5, 5.41) is 14.9. The topological polar surface area (TPSA) is 103 Å². The number of hydrogen-bond donors (Lipinski definition) is 1. The van der Waals surface area contributed by atoms with Gasteiger partial charge in [-0.3, -0.25) is 15.1 Å². The smallest absolute Gasteiger partial charge is 0.269 e. The molecule has 2 aromatic heterocycles. The van der Waals surface area contributed by atoms with Gasteiger partial charge in [0, 0.05) is 30.0 Å². The van der Waals surface area contributed by atoms with Gasteiger partial charge in [0.25, 0.3) is 5.69 Å². The second-order valence-corrected chi connectivity index (χ2v) is 8.43. The van der Waals surface area contributed by atoms with Crippen molar-refractivity contribution in [2.24, 2.45) is 0 Å². The molecule has 0 amide bonds. The monoisotopic (exact) mass is 502 g/mol. The summed E-state index contributed by atoms with van der Waals surface area (Å²) < 4.78 is 17.3. The van der Waals surface area contributed by atoms with Crippen LogP contribution in [0, 0.1) is 10.1 Å². The van der Waals surface area contributed by atoms with E-state index in [9.17, 15) is 10.1 Å². The molecule has 4 aromatic rings. The molecule has 0 spiro atoms. The van der Waals surface area contributed by atoms with Gasteiger partial charge in [0.05, 0.1) is 36.6 Å². The molecule has 0 radical (unpaired) electrons. The van der Waals surface area contributed by atoms with Crippen molar-refractivity contribution in [1.29, 1.82) is 0 Å². The predicted octanol–water partition coefficient (Wildman–Crippen LogP) is 5.44. The average molecular weight is 503 g/mol. The third-order valence-electron chi connectivity index (χ3n) is 6.03. The van der Waals surface area contributed by atoms with Crippen molar-refractivity contribution in [3.05, 3.63) is 101 Å². The Kier molecular flexibility index (Phi) is 6.26. The summed E-state index contributed by atoms with van der Waals surface area (Å²) in [5.74, 6) is 2.47. The van der Waals surface area contributed by atoms with Crippen LogP contribution in [-0.2, 0) is 0 Å². The van der Waals surface area contributed by atoms with Gasteiger partial charge in [0.15, 0.2) is 5.11 Å². The van der Waals surface area contributed by atoms with Crippen LogP contribution in [0.2, 0.25) is 0 Å². The van der Waals surface area contributed by atoms with Crippen LogP contribution in [0.25, 0.3) is 11.3 Å². The number of nitro groups is 1. The minimum absolute atomic E-state index is 0.0175. The summed E-state index contributed by atoms with van der Waals surface area (Å²) in [7, 11) is 3.19. The molecule has 0 saturated carbocycles. The number of aromatic nitrogens is 1. The molecule has 1 aliphatic heterocycles. The number of nitrogens with one attached hydrogen (secondary N) is 1. The summed E-state index contributed by atoms with van der Waals surface area (Å²) in [4.78, 5) is 17.1. The molecule has 2 atom stereocenters. The van der Waals surface area contributed by atoms with Gasteiger partial charge in [-0.15, -0.1) is 0 Å². The van der Waals surface area contributed by atoms with E-state index in [1.54, 1.807) is 38.6 Å². The maximum Gasteiger partial charge on any atom is 0.269 e. The number of rotatable bonds is 7. The van der Waals surface area contributed by atoms with E-state index in [2.05, 4.69) is 10.3 Å². The maximum atomic E-state index is 11.0. The van der Waals surface area contributed by atoms with Crippen LogP contribution in [0.5, 0.6) is 11.5 Å². The maximum absolute atomic E-state index is 11.0. The molecule has 1 saturated heterocycles. The van der Waals surface area contributed by atoms with Gasteiger partial charge in [-0.2, -0.15) is 0 Å². The lowest BCUT2D eigenvalue weighted by molar-refractivity contribution is -0.384. The molecule has 0 bridgehead atoms. The third-order valence-corrected chi connectivity index (χ3v) is 6.34. The molecule has 5 rings (SSSR count). The van der Waals surface area contributed by atoms with E-state index in [0.717, 1.165) is 16.9 Å². The van der Waals surface area contributed by atoms with E-state index in [1.807, 2.05) is 47.4 Å². The van der Waals surface area contributed by atoms with E-state index < -0.39 is 4.92 Å². The average Bonchev–Trinajstić information content (AvgIpc) is 3.53. The first-order valence-corrected chi connectivity index (χ1v) is 11.5. The van der Waals surface area contributed by atoms with Crippen LogP contribution in [0.1, 0.15) is 23.5 Å². The quantitative estimate of drug-likeness (QED) is 0.201. The van der Waals surface area contributed by atoms with E-state index in [-0.39, 0.29) is 17.8 Å². The summed E-state index contributed by atoms with van der Waals surface area (Å²) in [5.41, 5.74) is 2.29. The standard InChI is InChI=1S/C26H22N4O5S/c1-33-18-10-11-20(23(15-18)34-2)29-25(24(28-26(29)36)19-5-3-4-14-27-19)22-13-12-21(35-22)16-6-8-17(9-7-16)30(31)32/h3-15,24-25H,1-2H3,(H,28,36)/t24-,25+/m0/s1. The minimum Gasteiger partial charge on any atom is -0.497 e. The fourth-order valence-corrected chi connectivity index (χ4v) is 4.64. The van der Waals surface area contributed by atoms with Crippen molar-refractivity contribution in [1.82, 2.24) is 10.3 Å². The Morgan fingerprint density at radius 2 is 1.86 bits per heavy atom. The normalized spacial score (nSPS) is 17.1. The fraction of sp³-hybridized carbons (Fsp3) is 0.154. The molecule has 36 heavy (non-hydrogen) atoms. The van der Waals surface area contributed by atoms with Crippen molar-refractivity contribution in [3.63, 3.8) is 0 Å². The van der Waals surface area contributed by atoms with Gasteiger partial charge in [-0.05, 0) is 60.7 Å². The largest absolute Gasteiger partial charge is 0.497 e. The number of furan rings is 1. The molecule has 9 nitrogen and oxygen atoms in total. The number of nitro benzene ring substituents is 1. The van der Waals surface area contributed by atoms with Crippen LogP contribution >= 0.6 is 12.2 Å². The summed E-state index contributed by atoms with van der Waals surface area (Å²) in [6.45, 7) is 0. The first-order chi connectivity index (χ1) is 17.5. The van der Waals surface area contributed by atoms with Gasteiger partial charge in [0.1, 0.15) is 29.1 Å². The van der Waals surface area contributed by atoms with Crippen LogP contribution in [0.3, 0.4) is 0 Å². The fourth-order valence-electron chi connectivity index (χ4n) is 4.30. The molecule has 0 aliphatic carbocycles. The highest BCUT2D eigenvalue weighted by molar-refractivity contribution is 7.80.